The van der Waals surface area contributed by atoms with E-state index in [1.54, 1.807) is 49.9 Å². The Hall–Kier alpha value is -2.60. The number of amides is 1. The number of esters is 1. The maximum absolute atomic E-state index is 13.4. The van der Waals surface area contributed by atoms with E-state index < -0.39 is 12.0 Å². The van der Waals surface area contributed by atoms with Gasteiger partial charge in [0.25, 0.3) is 5.91 Å². The summed E-state index contributed by atoms with van der Waals surface area (Å²) in [6.45, 7) is 5.67. The van der Waals surface area contributed by atoms with Crippen molar-refractivity contribution in [3.8, 4) is 0 Å². The second-order valence-corrected chi connectivity index (χ2v) is 7.94. The molecule has 1 N–H and O–H groups in total. The zero-order chi connectivity index (χ0) is 21.3. The quantitative estimate of drug-likeness (QED) is 0.542. The Balaban J connectivity index is 1.94. The number of rotatable bonds is 7. The molecule has 0 unspecified atom stereocenters. The number of nitrogens with one attached hydrogen (secondary N) is 1. The van der Waals surface area contributed by atoms with Crippen molar-refractivity contribution in [2.24, 2.45) is 5.92 Å². The number of carbonyl (C=O) groups is 3. The molecule has 7 heteroatoms. The molecule has 0 spiro atoms. The fraction of sp³-hybridized carbons (Fsp3) is 0.409. The Kier molecular flexibility index (Phi) is 6.13. The summed E-state index contributed by atoms with van der Waals surface area (Å²) in [4.78, 5) is 43.1. The molecule has 1 atom stereocenters. The number of aromatic amines is 1. The number of carbonyl (C=O) groups excluding carboxylic acids is 3. The Labute approximate surface area is 175 Å². The largest absolute Gasteiger partial charge is 0.464 e. The molecule has 1 aromatic carbocycles. The van der Waals surface area contributed by atoms with Crippen LogP contribution in [0.4, 0.5) is 0 Å². The lowest BCUT2D eigenvalue weighted by Gasteiger charge is -2.29. The molecule has 1 saturated carbocycles. The van der Waals surface area contributed by atoms with Crippen LogP contribution in [0, 0.1) is 19.8 Å². The second-order valence-electron chi connectivity index (χ2n) is 7.54. The van der Waals surface area contributed by atoms with Crippen molar-refractivity contribution in [3.05, 3.63) is 57.4 Å². The zero-order valence-corrected chi connectivity index (χ0v) is 17.8. The smallest absolute Gasteiger partial charge is 0.354 e. The lowest BCUT2D eigenvalue weighted by Crippen LogP contribution is -2.44. The molecular weight excluding hydrogens is 392 g/mol. The van der Waals surface area contributed by atoms with Crippen LogP contribution < -0.4 is 0 Å². The minimum Gasteiger partial charge on any atom is -0.464 e. The van der Waals surface area contributed by atoms with Crippen molar-refractivity contribution in [1.82, 2.24) is 9.88 Å². The monoisotopic (exact) mass is 416 g/mol. The number of hydrogen-bond donors (Lipinski definition) is 1. The number of aromatic nitrogens is 1. The van der Waals surface area contributed by atoms with Crippen LogP contribution in [0.1, 0.15) is 62.2 Å². The first-order valence-corrected chi connectivity index (χ1v) is 10.0. The summed E-state index contributed by atoms with van der Waals surface area (Å²) >= 11 is 6.23. The first-order valence-electron chi connectivity index (χ1n) is 9.63. The number of ether oxygens (including phenoxy) is 1. The average Bonchev–Trinajstić information content (AvgIpc) is 3.48. The molecule has 1 aromatic heterocycles. The standard InChI is InChI=1S/C22H25ClN2O4/c1-12-18(13(2)24-19(12)22(28)29-4)20(26)14(3)25(11-15-9-10-15)21(27)16-7-5-6-8-17(16)23/h5-8,14-15,24H,9-11H2,1-4H3/t14-/m0/s1. The Morgan fingerprint density at radius 1 is 1.24 bits per heavy atom. The molecule has 0 saturated heterocycles. The van der Waals surface area contributed by atoms with Gasteiger partial charge in [-0.15, -0.1) is 0 Å². The lowest BCUT2D eigenvalue weighted by atomic mass is 9.99. The number of methoxy groups -OCH3 is 1. The fourth-order valence-corrected chi connectivity index (χ4v) is 3.78. The molecule has 1 fully saturated rings. The van der Waals surface area contributed by atoms with Crippen LogP contribution in [-0.2, 0) is 4.74 Å². The summed E-state index contributed by atoms with van der Waals surface area (Å²) in [7, 11) is 1.29. The summed E-state index contributed by atoms with van der Waals surface area (Å²) in [5.41, 5.74) is 2.17. The topological polar surface area (TPSA) is 79.5 Å². The number of nitrogens with zero attached hydrogens (tertiary/aromatic N) is 1. The Morgan fingerprint density at radius 3 is 2.48 bits per heavy atom. The zero-order valence-electron chi connectivity index (χ0n) is 17.0. The highest BCUT2D eigenvalue weighted by Crippen LogP contribution is 2.32. The van der Waals surface area contributed by atoms with E-state index in [0.29, 0.717) is 39.9 Å². The molecule has 0 bridgehead atoms. The van der Waals surface area contributed by atoms with Gasteiger partial charge in [-0.05, 0) is 57.2 Å². The number of ketones is 1. The summed E-state index contributed by atoms with van der Waals surface area (Å²) < 4.78 is 4.78. The van der Waals surface area contributed by atoms with Crippen molar-refractivity contribution >= 4 is 29.3 Å². The fourth-order valence-electron chi connectivity index (χ4n) is 3.56. The van der Waals surface area contributed by atoms with Gasteiger partial charge in [-0.2, -0.15) is 0 Å². The summed E-state index contributed by atoms with van der Waals surface area (Å²) in [6, 6.07) is 6.16. The van der Waals surface area contributed by atoms with Gasteiger partial charge in [-0.25, -0.2) is 4.79 Å². The van der Waals surface area contributed by atoms with Crippen molar-refractivity contribution in [2.75, 3.05) is 13.7 Å². The normalized spacial score (nSPS) is 14.4. The van der Waals surface area contributed by atoms with Gasteiger partial charge in [-0.3, -0.25) is 9.59 Å². The predicted octanol–water partition coefficient (Wildman–Crippen LogP) is 4.20. The van der Waals surface area contributed by atoms with E-state index in [2.05, 4.69) is 4.98 Å². The van der Waals surface area contributed by atoms with Gasteiger partial charge >= 0.3 is 5.97 Å². The van der Waals surface area contributed by atoms with Crippen molar-refractivity contribution in [2.45, 2.75) is 39.7 Å². The lowest BCUT2D eigenvalue weighted by molar-refractivity contribution is 0.0592. The third-order valence-electron chi connectivity index (χ3n) is 5.44. The molecule has 0 radical (unpaired) electrons. The first kappa shape index (κ1) is 21.1. The van der Waals surface area contributed by atoms with Gasteiger partial charge in [-0.1, -0.05) is 23.7 Å². The number of halogens is 1. The Morgan fingerprint density at radius 2 is 1.90 bits per heavy atom. The molecular formula is C22H25ClN2O4. The Bertz CT molecular complexity index is 962. The molecule has 154 valence electrons. The summed E-state index contributed by atoms with van der Waals surface area (Å²) in [5.74, 6) is -0.607. The van der Waals surface area contributed by atoms with Gasteiger partial charge in [0, 0.05) is 17.8 Å². The van der Waals surface area contributed by atoms with Crippen LogP contribution in [0.15, 0.2) is 24.3 Å². The number of aryl methyl sites for hydroxylation is 1. The van der Waals surface area contributed by atoms with E-state index in [9.17, 15) is 14.4 Å². The number of Topliss-reactive ketones (excluding diaryl/α,β-unsaturated/α-hetero) is 1. The summed E-state index contributed by atoms with van der Waals surface area (Å²) in [5, 5.41) is 0.361. The van der Waals surface area contributed by atoms with Crippen LogP contribution in [-0.4, -0.2) is 47.2 Å². The third kappa shape index (κ3) is 4.22. The number of benzene rings is 1. The predicted molar refractivity (Wildman–Crippen MR) is 111 cm³/mol. The second kappa shape index (κ2) is 8.41. The molecule has 3 rings (SSSR count). The van der Waals surface area contributed by atoms with Gasteiger partial charge in [0.15, 0.2) is 5.78 Å². The van der Waals surface area contributed by atoms with Gasteiger partial charge in [0.1, 0.15) is 5.69 Å². The molecule has 1 amide bonds. The maximum Gasteiger partial charge on any atom is 0.354 e. The number of H-pyrrole nitrogens is 1. The highest BCUT2D eigenvalue weighted by atomic mass is 35.5. The van der Waals surface area contributed by atoms with E-state index in [-0.39, 0.29) is 17.4 Å². The van der Waals surface area contributed by atoms with E-state index >= 15 is 0 Å². The van der Waals surface area contributed by atoms with E-state index in [1.807, 2.05) is 0 Å². The van der Waals surface area contributed by atoms with Crippen molar-refractivity contribution in [1.29, 1.82) is 0 Å². The van der Waals surface area contributed by atoms with Gasteiger partial charge < -0.3 is 14.6 Å². The van der Waals surface area contributed by atoms with Gasteiger partial charge in [0.05, 0.1) is 23.7 Å². The van der Waals surface area contributed by atoms with E-state index in [0.717, 1.165) is 12.8 Å². The van der Waals surface area contributed by atoms with Crippen molar-refractivity contribution in [3.63, 3.8) is 0 Å². The highest BCUT2D eigenvalue weighted by Gasteiger charge is 2.35. The first-order chi connectivity index (χ1) is 13.8. The highest BCUT2D eigenvalue weighted by molar-refractivity contribution is 6.33. The van der Waals surface area contributed by atoms with Crippen LogP contribution >= 0.6 is 11.6 Å². The molecule has 2 aromatic rings. The molecule has 1 aliphatic carbocycles. The molecule has 1 aliphatic rings. The summed E-state index contributed by atoms with van der Waals surface area (Å²) in [6.07, 6.45) is 2.09. The minimum absolute atomic E-state index is 0.215. The van der Waals surface area contributed by atoms with E-state index in [4.69, 9.17) is 16.3 Å². The molecule has 0 aliphatic heterocycles. The van der Waals surface area contributed by atoms with Crippen LogP contribution in [0.3, 0.4) is 0 Å². The van der Waals surface area contributed by atoms with Crippen molar-refractivity contribution < 1.29 is 19.1 Å². The van der Waals surface area contributed by atoms with Crippen LogP contribution in [0.2, 0.25) is 5.02 Å². The van der Waals surface area contributed by atoms with E-state index in [1.165, 1.54) is 7.11 Å². The van der Waals surface area contributed by atoms with Gasteiger partial charge in [0.2, 0.25) is 0 Å². The third-order valence-corrected chi connectivity index (χ3v) is 5.77. The SMILES string of the molecule is COC(=O)c1[nH]c(C)c(C(=O)[C@H](C)N(CC2CC2)C(=O)c2ccccc2Cl)c1C. The maximum atomic E-state index is 13.4. The molecule has 6 nitrogen and oxygen atoms in total. The van der Waals surface area contributed by atoms with Crippen LogP contribution in [0.5, 0.6) is 0 Å². The molecule has 1 heterocycles. The molecule has 29 heavy (non-hydrogen) atoms. The number of hydrogen-bond acceptors (Lipinski definition) is 4. The average molecular weight is 417 g/mol. The van der Waals surface area contributed by atoms with Crippen LogP contribution in [0.25, 0.3) is 0 Å². The minimum atomic E-state index is -0.696.